The molecule has 0 aromatic carbocycles. The molecule has 0 spiro atoms. The number of ether oxygens (including phenoxy) is 1. The summed E-state index contributed by atoms with van der Waals surface area (Å²) in [6.07, 6.45) is 2.98. The SMILES string of the molecule is CC(C)(C)OC(=O)CC(CN)CCCB1OC(C)(C)C(C)(C)O1. The van der Waals surface area contributed by atoms with E-state index < -0.39 is 5.60 Å². The third kappa shape index (κ3) is 6.44. The standard InChI is InChI=1S/C17H34BNO4/c1-15(2,3)21-14(20)11-13(12-19)9-8-10-18-22-16(4,5)17(6,7)23-18/h13H,8-12,19H2,1-7H3. The van der Waals surface area contributed by atoms with Gasteiger partial charge in [-0.1, -0.05) is 6.42 Å². The first kappa shape index (κ1) is 20.5. The normalized spacial score (nSPS) is 21.3. The Balaban J connectivity index is 2.35. The van der Waals surface area contributed by atoms with Crippen molar-refractivity contribution in [3.05, 3.63) is 0 Å². The fourth-order valence-electron chi connectivity index (χ4n) is 2.58. The lowest BCUT2D eigenvalue weighted by Gasteiger charge is -2.32. The van der Waals surface area contributed by atoms with Crippen molar-refractivity contribution in [1.29, 1.82) is 0 Å². The van der Waals surface area contributed by atoms with Crippen molar-refractivity contribution in [2.24, 2.45) is 11.7 Å². The minimum atomic E-state index is -0.446. The molecule has 0 amide bonds. The second-order valence-electron chi connectivity index (χ2n) is 8.51. The number of hydrogen-bond donors (Lipinski definition) is 1. The van der Waals surface area contributed by atoms with Crippen molar-refractivity contribution in [3.8, 4) is 0 Å². The van der Waals surface area contributed by atoms with Crippen molar-refractivity contribution in [2.75, 3.05) is 6.54 Å². The molecular weight excluding hydrogens is 293 g/mol. The van der Waals surface area contributed by atoms with Gasteiger partial charge in [0.1, 0.15) is 5.60 Å². The molecular formula is C17H34BNO4. The van der Waals surface area contributed by atoms with E-state index in [4.69, 9.17) is 19.8 Å². The Kier molecular flexibility index (Phi) is 6.70. The fourth-order valence-corrected chi connectivity index (χ4v) is 2.58. The van der Waals surface area contributed by atoms with Crippen molar-refractivity contribution < 1.29 is 18.8 Å². The largest absolute Gasteiger partial charge is 0.460 e. The van der Waals surface area contributed by atoms with Crippen LogP contribution in [0.2, 0.25) is 6.32 Å². The lowest BCUT2D eigenvalue weighted by atomic mass is 9.80. The van der Waals surface area contributed by atoms with Crippen LogP contribution in [-0.4, -0.2) is 36.4 Å². The highest BCUT2D eigenvalue weighted by Crippen LogP contribution is 2.38. The first-order chi connectivity index (χ1) is 10.4. The first-order valence-electron chi connectivity index (χ1n) is 8.64. The molecule has 0 bridgehead atoms. The van der Waals surface area contributed by atoms with E-state index in [1.54, 1.807) is 0 Å². The summed E-state index contributed by atoms with van der Waals surface area (Å²) in [6.45, 7) is 14.3. The number of carbonyl (C=O) groups excluding carboxylic acids is 1. The van der Waals surface area contributed by atoms with Gasteiger partial charge >= 0.3 is 13.1 Å². The Morgan fingerprint density at radius 3 is 2.13 bits per heavy atom. The van der Waals surface area contributed by atoms with Crippen LogP contribution in [0.25, 0.3) is 0 Å². The van der Waals surface area contributed by atoms with Gasteiger partial charge in [0.25, 0.3) is 0 Å². The molecule has 0 saturated carbocycles. The fraction of sp³-hybridized carbons (Fsp3) is 0.941. The van der Waals surface area contributed by atoms with Crippen LogP contribution >= 0.6 is 0 Å². The third-order valence-corrected chi connectivity index (χ3v) is 4.56. The van der Waals surface area contributed by atoms with Crippen LogP contribution in [0.1, 0.15) is 67.7 Å². The Labute approximate surface area is 141 Å². The molecule has 134 valence electrons. The first-order valence-corrected chi connectivity index (χ1v) is 8.64. The van der Waals surface area contributed by atoms with Crippen LogP contribution < -0.4 is 5.73 Å². The molecule has 23 heavy (non-hydrogen) atoms. The van der Waals surface area contributed by atoms with Gasteiger partial charge < -0.3 is 19.8 Å². The van der Waals surface area contributed by atoms with Crippen LogP contribution in [0.15, 0.2) is 0 Å². The molecule has 1 atom stereocenters. The second-order valence-corrected chi connectivity index (χ2v) is 8.51. The van der Waals surface area contributed by atoms with Gasteiger partial charge in [0.05, 0.1) is 11.2 Å². The summed E-state index contributed by atoms with van der Waals surface area (Å²) in [5.74, 6) is -0.0316. The summed E-state index contributed by atoms with van der Waals surface area (Å²) in [5.41, 5.74) is 4.77. The molecule has 6 heteroatoms. The third-order valence-electron chi connectivity index (χ3n) is 4.56. The Bertz CT molecular complexity index is 388. The average Bonchev–Trinajstić information content (AvgIpc) is 2.54. The van der Waals surface area contributed by atoms with E-state index >= 15 is 0 Å². The van der Waals surface area contributed by atoms with E-state index in [-0.39, 0.29) is 30.2 Å². The van der Waals surface area contributed by atoms with Crippen molar-refractivity contribution >= 4 is 13.1 Å². The molecule has 1 saturated heterocycles. The minimum absolute atomic E-state index is 0.146. The molecule has 1 aliphatic heterocycles. The Hall–Kier alpha value is -0.585. The van der Waals surface area contributed by atoms with E-state index in [1.165, 1.54) is 0 Å². The zero-order chi connectivity index (χ0) is 17.9. The summed E-state index contributed by atoms with van der Waals surface area (Å²) < 4.78 is 17.3. The molecule has 1 unspecified atom stereocenters. The molecule has 1 aliphatic rings. The van der Waals surface area contributed by atoms with E-state index in [0.717, 1.165) is 19.2 Å². The summed E-state index contributed by atoms with van der Waals surface area (Å²) in [6, 6.07) is 0. The van der Waals surface area contributed by atoms with Gasteiger partial charge in [-0.05, 0) is 73.7 Å². The molecule has 2 N–H and O–H groups in total. The smallest absolute Gasteiger partial charge is 0.457 e. The van der Waals surface area contributed by atoms with Gasteiger partial charge in [-0.25, -0.2) is 0 Å². The summed E-state index contributed by atoms with van der Waals surface area (Å²) in [7, 11) is -0.181. The topological polar surface area (TPSA) is 70.8 Å². The van der Waals surface area contributed by atoms with E-state index in [2.05, 4.69) is 27.7 Å². The predicted octanol–water partition coefficient (Wildman–Crippen LogP) is 3.17. The number of hydrogen-bond acceptors (Lipinski definition) is 5. The van der Waals surface area contributed by atoms with Crippen LogP contribution in [0.5, 0.6) is 0 Å². The molecule has 0 aromatic heterocycles. The quantitative estimate of drug-likeness (QED) is 0.574. The van der Waals surface area contributed by atoms with Crippen molar-refractivity contribution in [1.82, 2.24) is 0 Å². The lowest BCUT2D eigenvalue weighted by molar-refractivity contribution is -0.155. The maximum Gasteiger partial charge on any atom is 0.457 e. The number of carbonyl (C=O) groups is 1. The summed E-state index contributed by atoms with van der Waals surface area (Å²) >= 11 is 0. The molecule has 1 heterocycles. The van der Waals surface area contributed by atoms with E-state index in [1.807, 2.05) is 20.8 Å². The Morgan fingerprint density at radius 2 is 1.70 bits per heavy atom. The van der Waals surface area contributed by atoms with Gasteiger partial charge in [0, 0.05) is 6.42 Å². The van der Waals surface area contributed by atoms with Gasteiger partial charge in [0.15, 0.2) is 0 Å². The van der Waals surface area contributed by atoms with Gasteiger partial charge in [-0.2, -0.15) is 0 Å². The maximum atomic E-state index is 11.9. The van der Waals surface area contributed by atoms with E-state index in [0.29, 0.717) is 13.0 Å². The Morgan fingerprint density at radius 1 is 1.17 bits per heavy atom. The molecule has 1 fully saturated rings. The highest BCUT2D eigenvalue weighted by Gasteiger charge is 2.50. The number of esters is 1. The minimum Gasteiger partial charge on any atom is -0.460 e. The highest BCUT2D eigenvalue weighted by molar-refractivity contribution is 6.45. The molecule has 1 rings (SSSR count). The van der Waals surface area contributed by atoms with Crippen LogP contribution in [0, 0.1) is 5.92 Å². The summed E-state index contributed by atoms with van der Waals surface area (Å²) in [4.78, 5) is 11.9. The monoisotopic (exact) mass is 327 g/mol. The lowest BCUT2D eigenvalue weighted by Crippen LogP contribution is -2.41. The van der Waals surface area contributed by atoms with Gasteiger partial charge in [-0.15, -0.1) is 0 Å². The second kappa shape index (κ2) is 7.54. The van der Waals surface area contributed by atoms with Crippen LogP contribution in [-0.2, 0) is 18.8 Å². The van der Waals surface area contributed by atoms with Crippen molar-refractivity contribution in [3.63, 3.8) is 0 Å². The van der Waals surface area contributed by atoms with E-state index in [9.17, 15) is 4.79 Å². The zero-order valence-corrected chi connectivity index (χ0v) is 15.9. The summed E-state index contributed by atoms with van der Waals surface area (Å²) in [5, 5.41) is 0. The molecule has 5 nitrogen and oxygen atoms in total. The van der Waals surface area contributed by atoms with Gasteiger partial charge in [-0.3, -0.25) is 4.79 Å². The maximum absolute atomic E-state index is 11.9. The average molecular weight is 327 g/mol. The van der Waals surface area contributed by atoms with Crippen molar-refractivity contribution in [2.45, 2.75) is 90.9 Å². The van der Waals surface area contributed by atoms with Gasteiger partial charge in [0.2, 0.25) is 0 Å². The molecule has 0 aliphatic carbocycles. The predicted molar refractivity (Wildman–Crippen MR) is 93.1 cm³/mol. The number of nitrogens with two attached hydrogens (primary N) is 1. The van der Waals surface area contributed by atoms with Crippen LogP contribution in [0.3, 0.4) is 0 Å². The molecule has 0 aromatic rings. The molecule has 0 radical (unpaired) electrons. The highest BCUT2D eigenvalue weighted by atomic mass is 16.7. The zero-order valence-electron chi connectivity index (χ0n) is 15.9. The van der Waals surface area contributed by atoms with Crippen LogP contribution in [0.4, 0.5) is 0 Å². The number of rotatable bonds is 7.